The van der Waals surface area contributed by atoms with Crippen LogP contribution < -0.4 is 10.5 Å². The number of hydrogen-bond donors (Lipinski definition) is 2. The average Bonchev–Trinajstić information content (AvgIpc) is 2.15. The molecule has 0 aliphatic heterocycles. The van der Waals surface area contributed by atoms with Gasteiger partial charge in [0.1, 0.15) is 5.75 Å². The van der Waals surface area contributed by atoms with Crippen molar-refractivity contribution in [3.05, 3.63) is 29.8 Å². The third kappa shape index (κ3) is 3.55. The van der Waals surface area contributed by atoms with Crippen molar-refractivity contribution in [2.24, 2.45) is 5.73 Å². The van der Waals surface area contributed by atoms with Crippen molar-refractivity contribution in [3.63, 3.8) is 0 Å². The molecule has 0 radical (unpaired) electrons. The van der Waals surface area contributed by atoms with E-state index in [0.717, 1.165) is 11.3 Å². The Morgan fingerprint density at radius 2 is 2.12 bits per heavy atom. The molecule has 88 valence electrons. The molecular weight excluding hydrogens is 206 g/mol. The first-order valence-corrected chi connectivity index (χ1v) is 5.07. The van der Waals surface area contributed by atoms with Crippen LogP contribution in [0.4, 0.5) is 0 Å². The minimum absolute atomic E-state index is 0.0644. The van der Waals surface area contributed by atoms with E-state index in [1.165, 1.54) is 0 Å². The van der Waals surface area contributed by atoms with Crippen molar-refractivity contribution in [3.8, 4) is 5.75 Å². The van der Waals surface area contributed by atoms with Crippen LogP contribution in [0, 0.1) is 0 Å². The Kier molecular flexibility index (Phi) is 3.90. The van der Waals surface area contributed by atoms with Crippen LogP contribution in [0.3, 0.4) is 0 Å². The van der Waals surface area contributed by atoms with E-state index >= 15 is 0 Å². The van der Waals surface area contributed by atoms with Gasteiger partial charge >= 0.3 is 5.97 Å². The zero-order valence-corrected chi connectivity index (χ0v) is 9.56. The highest BCUT2D eigenvalue weighted by atomic mass is 16.5. The van der Waals surface area contributed by atoms with E-state index in [0.29, 0.717) is 6.42 Å². The monoisotopic (exact) mass is 223 g/mol. The van der Waals surface area contributed by atoms with Gasteiger partial charge in [-0.05, 0) is 25.0 Å². The van der Waals surface area contributed by atoms with E-state index in [4.69, 9.17) is 15.6 Å². The van der Waals surface area contributed by atoms with Gasteiger partial charge in [0.2, 0.25) is 0 Å². The zero-order chi connectivity index (χ0) is 12.2. The minimum Gasteiger partial charge on any atom is -0.496 e. The Morgan fingerprint density at radius 1 is 1.50 bits per heavy atom. The smallest absolute Gasteiger partial charge is 0.305 e. The summed E-state index contributed by atoms with van der Waals surface area (Å²) < 4.78 is 5.19. The van der Waals surface area contributed by atoms with Crippen LogP contribution in [0.2, 0.25) is 0 Å². The van der Waals surface area contributed by atoms with Crippen LogP contribution in [0.1, 0.15) is 18.9 Å². The van der Waals surface area contributed by atoms with Crippen molar-refractivity contribution in [1.29, 1.82) is 0 Å². The average molecular weight is 223 g/mol. The van der Waals surface area contributed by atoms with Crippen LogP contribution in [0.25, 0.3) is 0 Å². The normalized spacial score (nSPS) is 14.2. The number of carboxylic acid groups (broad SMARTS) is 1. The van der Waals surface area contributed by atoms with Crippen LogP contribution >= 0.6 is 0 Å². The summed E-state index contributed by atoms with van der Waals surface area (Å²) >= 11 is 0. The number of rotatable bonds is 5. The van der Waals surface area contributed by atoms with Crippen LogP contribution in [0.5, 0.6) is 5.75 Å². The Bertz CT molecular complexity index is 374. The van der Waals surface area contributed by atoms with E-state index in [-0.39, 0.29) is 6.42 Å². The molecule has 0 aliphatic rings. The highest BCUT2D eigenvalue weighted by molar-refractivity contribution is 5.68. The Labute approximate surface area is 95.0 Å². The summed E-state index contributed by atoms with van der Waals surface area (Å²) in [7, 11) is 1.59. The Hall–Kier alpha value is -1.55. The number of benzene rings is 1. The lowest BCUT2D eigenvalue weighted by atomic mass is 9.90. The molecule has 1 aromatic rings. The second-order valence-electron chi connectivity index (χ2n) is 4.21. The predicted octanol–water partition coefficient (Wildman–Crippen LogP) is 1.43. The molecule has 1 aromatic carbocycles. The lowest BCUT2D eigenvalue weighted by Crippen LogP contribution is -2.40. The molecule has 0 amide bonds. The van der Waals surface area contributed by atoms with Gasteiger partial charge in [-0.1, -0.05) is 18.2 Å². The fourth-order valence-corrected chi connectivity index (χ4v) is 1.69. The largest absolute Gasteiger partial charge is 0.496 e. The molecule has 0 bridgehead atoms. The highest BCUT2D eigenvalue weighted by Crippen LogP contribution is 2.23. The van der Waals surface area contributed by atoms with Crippen molar-refractivity contribution in [1.82, 2.24) is 0 Å². The quantitative estimate of drug-likeness (QED) is 0.792. The number of para-hydroxylation sites is 1. The summed E-state index contributed by atoms with van der Waals surface area (Å²) in [5.41, 5.74) is 6.10. The molecule has 0 aromatic heterocycles. The lowest BCUT2D eigenvalue weighted by molar-refractivity contribution is -0.138. The maximum atomic E-state index is 10.6. The highest BCUT2D eigenvalue weighted by Gasteiger charge is 2.24. The number of carboxylic acids is 1. The number of hydrogen-bond acceptors (Lipinski definition) is 3. The van der Waals surface area contributed by atoms with Gasteiger partial charge < -0.3 is 15.6 Å². The molecule has 3 N–H and O–H groups in total. The first-order valence-electron chi connectivity index (χ1n) is 5.07. The topological polar surface area (TPSA) is 72.5 Å². The number of ether oxygens (including phenoxy) is 1. The van der Waals surface area contributed by atoms with E-state index in [2.05, 4.69) is 0 Å². The first kappa shape index (κ1) is 12.5. The lowest BCUT2D eigenvalue weighted by Gasteiger charge is -2.23. The molecule has 1 atom stereocenters. The predicted molar refractivity (Wildman–Crippen MR) is 61.5 cm³/mol. The fraction of sp³-hybridized carbons (Fsp3) is 0.417. The van der Waals surface area contributed by atoms with Gasteiger partial charge in [0, 0.05) is 5.54 Å². The Morgan fingerprint density at radius 3 is 2.69 bits per heavy atom. The first-order chi connectivity index (χ1) is 7.44. The summed E-state index contributed by atoms with van der Waals surface area (Å²) in [6, 6.07) is 7.49. The second kappa shape index (κ2) is 4.99. The molecular formula is C12H17NO3. The Balaban J connectivity index is 2.82. The van der Waals surface area contributed by atoms with E-state index in [1.54, 1.807) is 14.0 Å². The molecule has 4 heteroatoms. The van der Waals surface area contributed by atoms with E-state index in [9.17, 15) is 4.79 Å². The molecule has 0 saturated heterocycles. The summed E-state index contributed by atoms with van der Waals surface area (Å²) in [5.74, 6) is -0.149. The molecule has 0 spiro atoms. The van der Waals surface area contributed by atoms with Gasteiger partial charge in [-0.2, -0.15) is 0 Å². The maximum absolute atomic E-state index is 10.6. The third-order valence-corrected chi connectivity index (χ3v) is 2.34. The van der Waals surface area contributed by atoms with E-state index in [1.807, 2.05) is 24.3 Å². The molecule has 1 rings (SSSR count). The SMILES string of the molecule is COc1ccccc1CC(C)(N)CC(=O)O. The van der Waals surface area contributed by atoms with Crippen molar-refractivity contribution >= 4 is 5.97 Å². The van der Waals surface area contributed by atoms with E-state index < -0.39 is 11.5 Å². The molecule has 4 nitrogen and oxygen atoms in total. The minimum atomic E-state index is -0.889. The molecule has 0 heterocycles. The number of nitrogens with two attached hydrogens (primary N) is 1. The van der Waals surface area contributed by atoms with Gasteiger partial charge in [0.05, 0.1) is 13.5 Å². The number of methoxy groups -OCH3 is 1. The fourth-order valence-electron chi connectivity index (χ4n) is 1.69. The van der Waals surface area contributed by atoms with Crippen molar-refractivity contribution in [2.45, 2.75) is 25.3 Å². The van der Waals surface area contributed by atoms with Gasteiger partial charge in [-0.3, -0.25) is 4.79 Å². The summed E-state index contributed by atoms with van der Waals surface area (Å²) in [5, 5.41) is 8.74. The third-order valence-electron chi connectivity index (χ3n) is 2.34. The molecule has 0 saturated carbocycles. The standard InChI is InChI=1S/C12H17NO3/c1-12(13,8-11(14)15)7-9-5-3-4-6-10(9)16-2/h3-6H,7-8,13H2,1-2H3,(H,14,15). The molecule has 1 unspecified atom stereocenters. The second-order valence-corrected chi connectivity index (χ2v) is 4.21. The summed E-state index contributed by atoms with van der Waals surface area (Å²) in [6.07, 6.45) is 0.411. The van der Waals surface area contributed by atoms with Crippen LogP contribution in [-0.4, -0.2) is 23.7 Å². The van der Waals surface area contributed by atoms with Crippen LogP contribution in [-0.2, 0) is 11.2 Å². The number of aliphatic carboxylic acids is 1. The van der Waals surface area contributed by atoms with Gasteiger partial charge in [-0.15, -0.1) is 0 Å². The molecule has 16 heavy (non-hydrogen) atoms. The molecule has 0 aliphatic carbocycles. The summed E-state index contributed by atoms with van der Waals surface area (Å²) in [6.45, 7) is 1.73. The molecule has 0 fully saturated rings. The van der Waals surface area contributed by atoms with Gasteiger partial charge in [0.25, 0.3) is 0 Å². The zero-order valence-electron chi connectivity index (χ0n) is 9.56. The van der Waals surface area contributed by atoms with Crippen LogP contribution in [0.15, 0.2) is 24.3 Å². The maximum Gasteiger partial charge on any atom is 0.305 e. The van der Waals surface area contributed by atoms with Crippen molar-refractivity contribution < 1.29 is 14.6 Å². The number of carbonyl (C=O) groups is 1. The van der Waals surface area contributed by atoms with Crippen molar-refractivity contribution in [2.75, 3.05) is 7.11 Å². The summed E-state index contributed by atoms with van der Waals surface area (Å²) in [4.78, 5) is 10.6. The van der Waals surface area contributed by atoms with Gasteiger partial charge in [0.15, 0.2) is 0 Å². The van der Waals surface area contributed by atoms with Gasteiger partial charge in [-0.25, -0.2) is 0 Å².